The van der Waals surface area contributed by atoms with E-state index in [9.17, 15) is 4.39 Å². The molecule has 16 heavy (non-hydrogen) atoms. The molecule has 0 fully saturated rings. The Morgan fingerprint density at radius 2 is 1.94 bits per heavy atom. The van der Waals surface area contributed by atoms with E-state index in [2.05, 4.69) is 26.2 Å². The van der Waals surface area contributed by atoms with E-state index in [4.69, 9.17) is 0 Å². The van der Waals surface area contributed by atoms with Crippen molar-refractivity contribution in [3.05, 3.63) is 52.4 Å². The van der Waals surface area contributed by atoms with Crippen LogP contribution >= 0.6 is 15.9 Å². The highest BCUT2D eigenvalue weighted by Crippen LogP contribution is 2.27. The van der Waals surface area contributed by atoms with E-state index in [0.717, 1.165) is 15.7 Å². The van der Waals surface area contributed by atoms with Crippen molar-refractivity contribution in [2.24, 2.45) is 0 Å². The van der Waals surface area contributed by atoms with Crippen LogP contribution in [0.4, 0.5) is 15.9 Å². The normalized spacial score (nSPS) is 10.2. The molecule has 82 valence electrons. The summed E-state index contributed by atoms with van der Waals surface area (Å²) in [6.45, 7) is 1.99. The average Bonchev–Trinajstić information content (AvgIpc) is 2.25. The smallest absolute Gasteiger partial charge is 0.214 e. The highest BCUT2D eigenvalue weighted by Gasteiger charge is 2.03. The Hall–Kier alpha value is -1.42. The van der Waals surface area contributed by atoms with Crippen molar-refractivity contribution in [1.82, 2.24) is 4.98 Å². The van der Waals surface area contributed by atoms with Crippen LogP contribution in [-0.4, -0.2) is 4.98 Å². The van der Waals surface area contributed by atoms with Crippen LogP contribution in [0, 0.1) is 12.9 Å². The van der Waals surface area contributed by atoms with Gasteiger partial charge >= 0.3 is 0 Å². The maximum atomic E-state index is 12.9. The van der Waals surface area contributed by atoms with Gasteiger partial charge < -0.3 is 5.32 Å². The molecular formula is C12H10BrFN2. The third-order valence-corrected chi connectivity index (χ3v) is 3.22. The van der Waals surface area contributed by atoms with E-state index in [0.29, 0.717) is 5.82 Å². The molecule has 0 aliphatic heterocycles. The Kier molecular flexibility index (Phi) is 3.19. The summed E-state index contributed by atoms with van der Waals surface area (Å²) in [7, 11) is 0. The number of nitrogens with zero attached hydrogens (tertiary/aromatic N) is 1. The minimum Gasteiger partial charge on any atom is -0.339 e. The number of anilines is 2. The maximum absolute atomic E-state index is 12.9. The summed E-state index contributed by atoms with van der Waals surface area (Å²) in [5.74, 6) is 0.0000699. The van der Waals surface area contributed by atoms with Gasteiger partial charge in [-0.2, -0.15) is 4.39 Å². The molecule has 0 amide bonds. The van der Waals surface area contributed by atoms with Gasteiger partial charge in [-0.3, -0.25) is 0 Å². The average molecular weight is 281 g/mol. The fourth-order valence-electron chi connectivity index (χ4n) is 1.36. The first kappa shape index (κ1) is 11.1. The lowest BCUT2D eigenvalue weighted by atomic mass is 10.2. The van der Waals surface area contributed by atoms with Crippen LogP contribution < -0.4 is 5.32 Å². The first-order valence-corrected chi connectivity index (χ1v) is 5.61. The lowest BCUT2D eigenvalue weighted by Gasteiger charge is -2.09. The number of nitrogens with one attached hydrogen (secondary N) is 1. The quantitative estimate of drug-likeness (QED) is 0.840. The summed E-state index contributed by atoms with van der Waals surface area (Å²) in [4.78, 5) is 3.74. The highest BCUT2D eigenvalue weighted by atomic mass is 79.9. The molecule has 0 spiro atoms. The summed E-state index contributed by atoms with van der Waals surface area (Å²) < 4.78 is 13.8. The molecule has 0 unspecified atom stereocenters. The van der Waals surface area contributed by atoms with Crippen LogP contribution in [0.1, 0.15) is 5.56 Å². The number of hydrogen-bond acceptors (Lipinski definition) is 2. The summed E-state index contributed by atoms with van der Waals surface area (Å²) in [6, 6.07) is 10.5. The van der Waals surface area contributed by atoms with Crippen molar-refractivity contribution in [1.29, 1.82) is 0 Å². The number of aromatic nitrogens is 1. The van der Waals surface area contributed by atoms with E-state index < -0.39 is 5.95 Å². The number of hydrogen-bond donors (Lipinski definition) is 1. The summed E-state index contributed by atoms with van der Waals surface area (Å²) in [5, 5.41) is 3.06. The molecule has 1 heterocycles. The second kappa shape index (κ2) is 4.61. The van der Waals surface area contributed by atoms with Crippen LogP contribution in [0.5, 0.6) is 0 Å². The Morgan fingerprint density at radius 3 is 2.69 bits per heavy atom. The second-order valence-electron chi connectivity index (χ2n) is 3.41. The van der Waals surface area contributed by atoms with Gasteiger partial charge in [-0.15, -0.1) is 0 Å². The van der Waals surface area contributed by atoms with Crippen LogP contribution in [0.2, 0.25) is 0 Å². The van der Waals surface area contributed by atoms with E-state index >= 15 is 0 Å². The number of pyridine rings is 1. The van der Waals surface area contributed by atoms with E-state index in [1.165, 1.54) is 6.07 Å². The maximum Gasteiger partial charge on any atom is 0.214 e. The van der Waals surface area contributed by atoms with E-state index in [1.807, 2.05) is 25.1 Å². The SMILES string of the molecule is Cc1cccc(Nc2cccc(F)n2)c1Br. The lowest BCUT2D eigenvalue weighted by Crippen LogP contribution is -1.96. The zero-order chi connectivity index (χ0) is 11.5. The van der Waals surface area contributed by atoms with Gasteiger partial charge in [-0.1, -0.05) is 18.2 Å². The topological polar surface area (TPSA) is 24.9 Å². The fourth-order valence-corrected chi connectivity index (χ4v) is 1.72. The van der Waals surface area contributed by atoms with E-state index in [1.54, 1.807) is 12.1 Å². The standard InChI is InChI=1S/C12H10BrFN2/c1-8-4-2-5-9(12(8)13)15-11-7-3-6-10(14)16-11/h2-7H,1H3,(H,15,16). The van der Waals surface area contributed by atoms with Gasteiger partial charge in [0.05, 0.1) is 5.69 Å². The predicted molar refractivity (Wildman–Crippen MR) is 66.4 cm³/mol. The first-order chi connectivity index (χ1) is 7.66. The highest BCUT2D eigenvalue weighted by molar-refractivity contribution is 9.10. The monoisotopic (exact) mass is 280 g/mol. The summed E-state index contributed by atoms with van der Waals surface area (Å²) >= 11 is 3.47. The van der Waals surface area contributed by atoms with Gasteiger partial charge in [0.2, 0.25) is 5.95 Å². The zero-order valence-electron chi connectivity index (χ0n) is 8.67. The molecule has 1 aromatic carbocycles. The third kappa shape index (κ3) is 2.39. The molecule has 0 radical (unpaired) electrons. The molecule has 1 aromatic heterocycles. The van der Waals surface area contributed by atoms with Crippen molar-refractivity contribution in [3.8, 4) is 0 Å². The van der Waals surface area contributed by atoms with Crippen LogP contribution in [-0.2, 0) is 0 Å². The van der Waals surface area contributed by atoms with Crippen LogP contribution in [0.15, 0.2) is 40.9 Å². The summed E-state index contributed by atoms with van der Waals surface area (Å²) in [5.41, 5.74) is 1.99. The largest absolute Gasteiger partial charge is 0.339 e. The molecule has 0 saturated carbocycles. The van der Waals surface area contributed by atoms with Gasteiger partial charge in [-0.05, 0) is 46.6 Å². The van der Waals surface area contributed by atoms with Gasteiger partial charge in [0.15, 0.2) is 0 Å². The van der Waals surface area contributed by atoms with Crippen molar-refractivity contribution >= 4 is 27.4 Å². The molecule has 0 atom stereocenters. The molecule has 0 saturated heterocycles. The molecule has 2 rings (SSSR count). The van der Waals surface area contributed by atoms with E-state index in [-0.39, 0.29) is 0 Å². The second-order valence-corrected chi connectivity index (χ2v) is 4.20. The minimum atomic E-state index is -0.492. The van der Waals surface area contributed by atoms with Gasteiger partial charge in [0, 0.05) is 4.47 Å². The fraction of sp³-hybridized carbons (Fsp3) is 0.0833. The van der Waals surface area contributed by atoms with Crippen molar-refractivity contribution < 1.29 is 4.39 Å². The molecule has 2 nitrogen and oxygen atoms in total. The molecule has 1 N–H and O–H groups in total. The van der Waals surface area contributed by atoms with Gasteiger partial charge in [-0.25, -0.2) is 4.98 Å². The number of aryl methyl sites for hydroxylation is 1. The minimum absolute atomic E-state index is 0.492. The first-order valence-electron chi connectivity index (χ1n) is 4.81. The third-order valence-electron chi connectivity index (χ3n) is 2.17. The molecule has 2 aromatic rings. The Balaban J connectivity index is 2.31. The molecule has 0 aliphatic carbocycles. The summed E-state index contributed by atoms with van der Waals surface area (Å²) in [6.07, 6.45) is 0. The van der Waals surface area contributed by atoms with Crippen molar-refractivity contribution in [2.75, 3.05) is 5.32 Å². The van der Waals surface area contributed by atoms with Crippen LogP contribution in [0.25, 0.3) is 0 Å². The number of rotatable bonds is 2. The van der Waals surface area contributed by atoms with Gasteiger partial charge in [0.25, 0.3) is 0 Å². The van der Waals surface area contributed by atoms with Crippen molar-refractivity contribution in [2.45, 2.75) is 6.92 Å². The molecule has 0 aliphatic rings. The Morgan fingerprint density at radius 1 is 1.19 bits per heavy atom. The lowest BCUT2D eigenvalue weighted by molar-refractivity contribution is 0.585. The van der Waals surface area contributed by atoms with Crippen molar-refractivity contribution in [3.63, 3.8) is 0 Å². The molecule has 0 bridgehead atoms. The predicted octanol–water partition coefficient (Wildman–Crippen LogP) is 4.04. The number of halogens is 2. The van der Waals surface area contributed by atoms with Crippen LogP contribution in [0.3, 0.4) is 0 Å². The Bertz CT molecular complexity index is 514. The molecule has 4 heteroatoms. The zero-order valence-corrected chi connectivity index (χ0v) is 10.3. The van der Waals surface area contributed by atoms with Gasteiger partial charge in [0.1, 0.15) is 5.82 Å². The number of benzene rings is 1. The molecular weight excluding hydrogens is 271 g/mol. The Labute approximate surface area is 102 Å².